The molecule has 0 radical (unpaired) electrons. The zero-order valence-corrected chi connectivity index (χ0v) is 8.87. The summed E-state index contributed by atoms with van der Waals surface area (Å²) in [6, 6.07) is 0.861. The van der Waals surface area contributed by atoms with Crippen molar-refractivity contribution in [3.05, 3.63) is 12.2 Å². The van der Waals surface area contributed by atoms with Crippen molar-refractivity contribution >= 4 is 0 Å². The molecule has 0 spiro atoms. The van der Waals surface area contributed by atoms with E-state index in [-0.39, 0.29) is 0 Å². The van der Waals surface area contributed by atoms with Crippen molar-refractivity contribution in [3.63, 3.8) is 0 Å². The van der Waals surface area contributed by atoms with Crippen molar-refractivity contribution in [2.24, 2.45) is 11.8 Å². The quantitative estimate of drug-likeness (QED) is 0.589. The Balaban J connectivity index is 1.87. The first kappa shape index (κ1) is 9.26. The lowest BCUT2D eigenvalue weighted by molar-refractivity contribution is 0.110. The maximum absolute atomic E-state index is 2.57. The minimum atomic E-state index is 0.861. The van der Waals surface area contributed by atoms with Crippen molar-refractivity contribution in [1.82, 2.24) is 4.90 Å². The van der Waals surface area contributed by atoms with Gasteiger partial charge in [0, 0.05) is 12.6 Å². The van der Waals surface area contributed by atoms with Gasteiger partial charge in [0.05, 0.1) is 0 Å². The number of rotatable bonds is 2. The van der Waals surface area contributed by atoms with Gasteiger partial charge in [-0.15, -0.1) is 0 Å². The van der Waals surface area contributed by atoms with Crippen molar-refractivity contribution in [1.29, 1.82) is 0 Å². The first-order valence-electron chi connectivity index (χ1n) is 5.68. The van der Waals surface area contributed by atoms with Gasteiger partial charge in [0.25, 0.3) is 0 Å². The molecule has 74 valence electrons. The van der Waals surface area contributed by atoms with E-state index in [1.807, 2.05) is 0 Å². The Morgan fingerprint density at radius 2 is 2.15 bits per heavy atom. The molecule has 0 aromatic rings. The zero-order valence-electron chi connectivity index (χ0n) is 8.87. The molecule has 1 fully saturated rings. The zero-order chi connectivity index (χ0) is 9.26. The van der Waals surface area contributed by atoms with E-state index < -0.39 is 0 Å². The maximum atomic E-state index is 2.57. The van der Waals surface area contributed by atoms with Crippen LogP contribution in [0, 0.1) is 11.8 Å². The van der Waals surface area contributed by atoms with Crippen LogP contribution in [0.4, 0.5) is 0 Å². The van der Waals surface area contributed by atoms with E-state index in [1.54, 1.807) is 0 Å². The summed E-state index contributed by atoms with van der Waals surface area (Å²) in [4.78, 5) is 2.57. The molecule has 0 amide bonds. The number of likely N-dealkylation sites (tertiary alicyclic amines) is 1. The van der Waals surface area contributed by atoms with Crippen molar-refractivity contribution in [3.8, 4) is 0 Å². The van der Waals surface area contributed by atoms with Gasteiger partial charge < -0.3 is 4.90 Å². The third-order valence-corrected chi connectivity index (χ3v) is 3.88. The van der Waals surface area contributed by atoms with E-state index in [1.165, 1.54) is 32.2 Å². The number of allylic oxidation sites excluding steroid dienone is 2. The van der Waals surface area contributed by atoms with Gasteiger partial charge in [-0.25, -0.2) is 0 Å². The van der Waals surface area contributed by atoms with Crippen LogP contribution in [0.25, 0.3) is 0 Å². The van der Waals surface area contributed by atoms with Gasteiger partial charge in [0.1, 0.15) is 0 Å². The van der Waals surface area contributed by atoms with Crippen LogP contribution in [0.5, 0.6) is 0 Å². The van der Waals surface area contributed by atoms with E-state index in [9.17, 15) is 0 Å². The topological polar surface area (TPSA) is 3.24 Å². The third-order valence-electron chi connectivity index (χ3n) is 3.88. The smallest absolute Gasteiger partial charge is 0.00898 e. The molecular weight excluding hydrogens is 158 g/mol. The molecule has 3 unspecified atom stereocenters. The lowest BCUT2D eigenvalue weighted by atomic mass is 9.77. The van der Waals surface area contributed by atoms with E-state index in [4.69, 9.17) is 0 Å². The van der Waals surface area contributed by atoms with Crippen LogP contribution in [-0.4, -0.2) is 24.5 Å². The Labute approximate surface area is 81.8 Å². The molecule has 3 atom stereocenters. The fourth-order valence-electron chi connectivity index (χ4n) is 2.75. The minimum absolute atomic E-state index is 0.861. The molecule has 0 saturated carbocycles. The summed E-state index contributed by atoms with van der Waals surface area (Å²) in [6.07, 6.45) is 10.3. The number of hydrogen-bond donors (Lipinski definition) is 0. The summed E-state index contributed by atoms with van der Waals surface area (Å²) in [7, 11) is 2.29. The molecule has 0 aromatic heterocycles. The summed E-state index contributed by atoms with van der Waals surface area (Å²) >= 11 is 0. The highest BCUT2D eigenvalue weighted by molar-refractivity contribution is 5.05. The Morgan fingerprint density at radius 1 is 1.38 bits per heavy atom. The molecule has 0 aromatic carbocycles. The molecule has 1 nitrogen and oxygen atoms in total. The van der Waals surface area contributed by atoms with Crippen LogP contribution >= 0.6 is 0 Å². The molecule has 2 rings (SSSR count). The first-order chi connectivity index (χ1) is 6.31. The molecule has 1 aliphatic carbocycles. The average Bonchev–Trinajstić information content (AvgIpc) is 2.01. The van der Waals surface area contributed by atoms with Crippen LogP contribution in [-0.2, 0) is 0 Å². The standard InChI is InChI=1S/C12H21N/c1-3-12-8-7-11(9-13(12)2)10-5-4-6-10/h4-5,10-12H,3,6-9H2,1-2H3. The summed E-state index contributed by atoms with van der Waals surface area (Å²) < 4.78 is 0. The van der Waals surface area contributed by atoms with E-state index >= 15 is 0 Å². The van der Waals surface area contributed by atoms with E-state index in [0.717, 1.165) is 17.9 Å². The van der Waals surface area contributed by atoms with Crippen LogP contribution < -0.4 is 0 Å². The summed E-state index contributed by atoms with van der Waals surface area (Å²) in [5.74, 6) is 1.87. The van der Waals surface area contributed by atoms with E-state index in [0.29, 0.717) is 0 Å². The summed E-state index contributed by atoms with van der Waals surface area (Å²) in [5, 5.41) is 0. The molecule has 0 N–H and O–H groups in total. The van der Waals surface area contributed by atoms with Gasteiger partial charge in [0.2, 0.25) is 0 Å². The van der Waals surface area contributed by atoms with Gasteiger partial charge in [-0.3, -0.25) is 0 Å². The Bertz CT molecular complexity index is 197. The first-order valence-corrected chi connectivity index (χ1v) is 5.68. The number of piperidine rings is 1. The molecule has 1 heteroatoms. The third kappa shape index (κ3) is 1.80. The molecule has 1 heterocycles. The second-order valence-corrected chi connectivity index (χ2v) is 4.67. The second kappa shape index (κ2) is 3.83. The fraction of sp³-hybridized carbons (Fsp3) is 0.833. The number of nitrogens with zero attached hydrogens (tertiary/aromatic N) is 1. The minimum Gasteiger partial charge on any atom is -0.303 e. The highest BCUT2D eigenvalue weighted by atomic mass is 15.1. The summed E-state index contributed by atoms with van der Waals surface area (Å²) in [6.45, 7) is 3.64. The molecule has 13 heavy (non-hydrogen) atoms. The largest absolute Gasteiger partial charge is 0.303 e. The molecule has 2 aliphatic rings. The predicted molar refractivity (Wildman–Crippen MR) is 56.7 cm³/mol. The summed E-state index contributed by atoms with van der Waals surface area (Å²) in [5.41, 5.74) is 0. The van der Waals surface area contributed by atoms with Crippen molar-refractivity contribution in [2.45, 2.75) is 38.6 Å². The van der Waals surface area contributed by atoms with Gasteiger partial charge in [0.15, 0.2) is 0 Å². The molecular formula is C12H21N. The Hall–Kier alpha value is -0.300. The van der Waals surface area contributed by atoms with Gasteiger partial charge in [-0.1, -0.05) is 19.1 Å². The normalized spacial score (nSPS) is 40.3. The SMILES string of the molecule is CCC1CCC(C2C=CC2)CN1C. The van der Waals surface area contributed by atoms with Crippen LogP contribution in [0.3, 0.4) is 0 Å². The van der Waals surface area contributed by atoms with Gasteiger partial charge in [-0.05, 0) is 44.6 Å². The van der Waals surface area contributed by atoms with Gasteiger partial charge in [-0.2, -0.15) is 0 Å². The number of hydrogen-bond acceptors (Lipinski definition) is 1. The highest BCUT2D eigenvalue weighted by Crippen LogP contribution is 2.34. The Morgan fingerprint density at radius 3 is 2.62 bits per heavy atom. The highest BCUT2D eigenvalue weighted by Gasteiger charge is 2.30. The average molecular weight is 179 g/mol. The van der Waals surface area contributed by atoms with Crippen LogP contribution in [0.1, 0.15) is 32.6 Å². The van der Waals surface area contributed by atoms with E-state index in [2.05, 4.69) is 31.0 Å². The lowest BCUT2D eigenvalue weighted by Crippen LogP contribution is -2.42. The fourth-order valence-corrected chi connectivity index (χ4v) is 2.75. The van der Waals surface area contributed by atoms with Crippen molar-refractivity contribution < 1.29 is 0 Å². The predicted octanol–water partition coefficient (Wildman–Crippen LogP) is 2.68. The molecule has 0 bridgehead atoms. The second-order valence-electron chi connectivity index (χ2n) is 4.67. The van der Waals surface area contributed by atoms with Crippen molar-refractivity contribution in [2.75, 3.05) is 13.6 Å². The monoisotopic (exact) mass is 179 g/mol. The maximum Gasteiger partial charge on any atom is 0.00898 e. The lowest BCUT2D eigenvalue weighted by Gasteiger charge is -2.40. The van der Waals surface area contributed by atoms with Crippen LogP contribution in [0.15, 0.2) is 12.2 Å². The van der Waals surface area contributed by atoms with Crippen LogP contribution in [0.2, 0.25) is 0 Å². The molecule has 1 saturated heterocycles. The molecule has 1 aliphatic heterocycles. The Kier molecular flexibility index (Phi) is 2.73. The van der Waals surface area contributed by atoms with Gasteiger partial charge >= 0.3 is 0 Å².